The molecule has 1 unspecified atom stereocenters. The molecule has 120 valence electrons. The molecule has 0 heterocycles. The molecule has 0 N–H and O–H groups in total. The van der Waals surface area contributed by atoms with Gasteiger partial charge in [0.25, 0.3) is 0 Å². The Morgan fingerprint density at radius 1 is 1.05 bits per heavy atom. The van der Waals surface area contributed by atoms with Crippen LogP contribution in [0.4, 0.5) is 4.39 Å². The van der Waals surface area contributed by atoms with Crippen LogP contribution in [0, 0.1) is 28.6 Å². The molecule has 0 bridgehead atoms. The summed E-state index contributed by atoms with van der Waals surface area (Å²) >= 11 is 0. The van der Waals surface area contributed by atoms with Gasteiger partial charge in [0.05, 0.1) is 0 Å². The van der Waals surface area contributed by atoms with Gasteiger partial charge >= 0.3 is 0 Å². The van der Waals surface area contributed by atoms with E-state index in [0.29, 0.717) is 42.8 Å². The van der Waals surface area contributed by atoms with Gasteiger partial charge in [-0.1, -0.05) is 13.8 Å². The third-order valence-electron chi connectivity index (χ3n) is 7.65. The third kappa shape index (κ3) is 1.71. The molecule has 2 nitrogen and oxygen atoms in total. The summed E-state index contributed by atoms with van der Waals surface area (Å²) < 4.78 is 14.9. The molecule has 4 aliphatic carbocycles. The quantitative estimate of drug-likeness (QED) is 0.677. The molecule has 0 aromatic carbocycles. The molecule has 0 amide bonds. The van der Waals surface area contributed by atoms with Gasteiger partial charge in [0.2, 0.25) is 0 Å². The fraction of sp³-hybridized carbons (Fsp3) is 0.789. The zero-order valence-electron chi connectivity index (χ0n) is 13.5. The van der Waals surface area contributed by atoms with Crippen LogP contribution >= 0.6 is 0 Å². The van der Waals surface area contributed by atoms with E-state index in [4.69, 9.17) is 0 Å². The van der Waals surface area contributed by atoms with Crippen LogP contribution in [0.2, 0.25) is 0 Å². The van der Waals surface area contributed by atoms with Crippen molar-refractivity contribution in [3.8, 4) is 0 Å². The van der Waals surface area contributed by atoms with E-state index in [1.165, 1.54) is 0 Å². The first-order valence-corrected chi connectivity index (χ1v) is 8.78. The van der Waals surface area contributed by atoms with Crippen LogP contribution in [0.3, 0.4) is 0 Å². The summed E-state index contributed by atoms with van der Waals surface area (Å²) in [5.74, 6) is 1.60. The fourth-order valence-corrected chi connectivity index (χ4v) is 6.33. The van der Waals surface area contributed by atoms with E-state index in [1.54, 1.807) is 6.08 Å². The highest BCUT2D eigenvalue weighted by Crippen LogP contribution is 2.64. The van der Waals surface area contributed by atoms with Crippen LogP contribution in [-0.2, 0) is 9.59 Å². The van der Waals surface area contributed by atoms with Gasteiger partial charge in [0.1, 0.15) is 12.0 Å². The van der Waals surface area contributed by atoms with E-state index in [0.717, 1.165) is 31.3 Å². The van der Waals surface area contributed by atoms with E-state index in [9.17, 15) is 14.0 Å². The van der Waals surface area contributed by atoms with Gasteiger partial charge in [-0.15, -0.1) is 0 Å². The maximum Gasteiger partial charge on any atom is 0.155 e. The maximum atomic E-state index is 14.9. The average Bonchev–Trinajstić information content (AvgIpc) is 2.77. The topological polar surface area (TPSA) is 34.1 Å². The van der Waals surface area contributed by atoms with E-state index in [2.05, 4.69) is 13.8 Å². The van der Waals surface area contributed by atoms with Gasteiger partial charge in [-0.05, 0) is 66.9 Å². The molecule has 0 radical (unpaired) electrons. The number of fused-ring (bicyclic) bond motifs is 5. The number of Topliss-reactive ketones (excluding diaryl/α,β-unsaturated/α-hetero) is 1. The number of carbonyl (C=O) groups excluding carboxylic acids is 2. The Morgan fingerprint density at radius 2 is 1.77 bits per heavy atom. The Morgan fingerprint density at radius 3 is 2.55 bits per heavy atom. The minimum absolute atomic E-state index is 0.0882. The van der Waals surface area contributed by atoms with Crippen molar-refractivity contribution in [2.75, 3.05) is 0 Å². The Kier molecular flexibility index (Phi) is 3.00. The van der Waals surface area contributed by atoms with Crippen molar-refractivity contribution in [1.29, 1.82) is 0 Å². The Hall–Kier alpha value is -0.990. The van der Waals surface area contributed by atoms with Crippen LogP contribution < -0.4 is 0 Å². The largest absolute Gasteiger partial charge is 0.299 e. The molecule has 0 saturated heterocycles. The predicted octanol–water partition coefficient (Wildman–Crippen LogP) is 4.04. The number of rotatable bonds is 0. The van der Waals surface area contributed by atoms with Crippen molar-refractivity contribution in [2.45, 2.75) is 65.0 Å². The second kappa shape index (κ2) is 4.52. The molecule has 22 heavy (non-hydrogen) atoms. The van der Waals surface area contributed by atoms with Crippen molar-refractivity contribution >= 4 is 11.6 Å². The lowest BCUT2D eigenvalue weighted by atomic mass is 9.47. The minimum atomic E-state index is -0.992. The standard InChI is InChI=1S/C19H25FO2/c1-18-7-5-11(21)9-15(18)16(20)10-12-13-3-4-17(22)19(13,2)8-6-14(12)18/h9,12-14,16H,3-8,10H2,1-2H3/t12-,13-,14+,16?,18+,19-/m0/s1. The van der Waals surface area contributed by atoms with Crippen LogP contribution in [0.1, 0.15) is 58.8 Å². The highest BCUT2D eigenvalue weighted by Gasteiger charge is 2.60. The molecular weight excluding hydrogens is 279 g/mol. The first kappa shape index (κ1) is 14.6. The van der Waals surface area contributed by atoms with Gasteiger partial charge in [-0.2, -0.15) is 0 Å². The van der Waals surface area contributed by atoms with E-state index >= 15 is 0 Å². The summed E-state index contributed by atoms with van der Waals surface area (Å²) in [7, 11) is 0. The van der Waals surface area contributed by atoms with E-state index < -0.39 is 6.17 Å². The summed E-state index contributed by atoms with van der Waals surface area (Å²) in [6, 6.07) is 0. The first-order valence-electron chi connectivity index (χ1n) is 8.78. The number of hydrogen-bond donors (Lipinski definition) is 0. The summed E-state index contributed by atoms with van der Waals surface area (Å²) in [6.45, 7) is 4.29. The SMILES string of the molecule is C[C@]12CCC(=O)C=C1C(F)C[C@@H]1[C@H]2CC[C@]2(C)C(=O)CC[C@@H]12. The summed E-state index contributed by atoms with van der Waals surface area (Å²) in [4.78, 5) is 24.1. The molecule has 3 fully saturated rings. The molecule has 3 heteroatoms. The fourth-order valence-electron chi connectivity index (χ4n) is 6.33. The molecule has 0 aromatic rings. The number of halogens is 1. The van der Waals surface area contributed by atoms with Gasteiger partial charge in [0, 0.05) is 18.3 Å². The summed E-state index contributed by atoms with van der Waals surface area (Å²) in [5, 5.41) is 0. The van der Waals surface area contributed by atoms with Crippen LogP contribution in [0.25, 0.3) is 0 Å². The highest BCUT2D eigenvalue weighted by atomic mass is 19.1. The molecule has 0 aromatic heterocycles. The molecule has 6 atom stereocenters. The van der Waals surface area contributed by atoms with E-state index in [-0.39, 0.29) is 16.6 Å². The van der Waals surface area contributed by atoms with Gasteiger partial charge < -0.3 is 0 Å². The molecule has 3 saturated carbocycles. The van der Waals surface area contributed by atoms with Gasteiger partial charge in [-0.25, -0.2) is 4.39 Å². The molecule has 0 spiro atoms. The number of alkyl halides is 1. The highest BCUT2D eigenvalue weighted by molar-refractivity contribution is 5.92. The van der Waals surface area contributed by atoms with Crippen LogP contribution in [0.5, 0.6) is 0 Å². The molecular formula is C19H25FO2. The Labute approximate surface area is 131 Å². The zero-order valence-corrected chi connectivity index (χ0v) is 13.5. The van der Waals surface area contributed by atoms with Crippen LogP contribution in [-0.4, -0.2) is 17.7 Å². The van der Waals surface area contributed by atoms with Crippen molar-refractivity contribution in [3.63, 3.8) is 0 Å². The molecule has 4 aliphatic rings. The van der Waals surface area contributed by atoms with Crippen molar-refractivity contribution in [1.82, 2.24) is 0 Å². The third-order valence-corrected chi connectivity index (χ3v) is 7.65. The zero-order chi connectivity index (χ0) is 15.7. The molecule has 4 rings (SSSR count). The lowest BCUT2D eigenvalue weighted by molar-refractivity contribution is -0.133. The lowest BCUT2D eigenvalue weighted by Gasteiger charge is -2.57. The second-order valence-electron chi connectivity index (χ2n) is 8.48. The smallest absolute Gasteiger partial charge is 0.155 e. The monoisotopic (exact) mass is 304 g/mol. The predicted molar refractivity (Wildman–Crippen MR) is 82.0 cm³/mol. The second-order valence-corrected chi connectivity index (χ2v) is 8.48. The Bertz CT molecular complexity index is 580. The number of carbonyl (C=O) groups is 2. The summed E-state index contributed by atoms with van der Waals surface area (Å²) in [5.41, 5.74) is 0.393. The number of ketones is 2. The number of allylic oxidation sites excluding steroid dienone is 1. The lowest BCUT2D eigenvalue weighted by Crippen LogP contribution is -2.53. The van der Waals surface area contributed by atoms with E-state index in [1.807, 2.05) is 0 Å². The van der Waals surface area contributed by atoms with Crippen molar-refractivity contribution in [3.05, 3.63) is 11.6 Å². The van der Waals surface area contributed by atoms with Crippen LogP contribution in [0.15, 0.2) is 11.6 Å². The molecule has 0 aliphatic heterocycles. The maximum absolute atomic E-state index is 14.9. The minimum Gasteiger partial charge on any atom is -0.299 e. The Balaban J connectivity index is 1.74. The van der Waals surface area contributed by atoms with Gasteiger partial charge in [0.15, 0.2) is 5.78 Å². The first-order chi connectivity index (χ1) is 10.4. The van der Waals surface area contributed by atoms with Gasteiger partial charge in [-0.3, -0.25) is 9.59 Å². The van der Waals surface area contributed by atoms with Crippen molar-refractivity contribution in [2.24, 2.45) is 28.6 Å². The summed E-state index contributed by atoms with van der Waals surface area (Å²) in [6.07, 6.45) is 6.06. The normalized spacial score (nSPS) is 51.0. The average molecular weight is 304 g/mol. The van der Waals surface area contributed by atoms with Crippen molar-refractivity contribution < 1.29 is 14.0 Å². The number of hydrogen-bond acceptors (Lipinski definition) is 2.